The van der Waals surface area contributed by atoms with Gasteiger partial charge in [0.25, 0.3) is 5.56 Å². The first-order valence-electron chi connectivity index (χ1n) is 14.1. The van der Waals surface area contributed by atoms with Crippen molar-refractivity contribution in [3.05, 3.63) is 126 Å². The van der Waals surface area contributed by atoms with Crippen molar-refractivity contribution >= 4 is 78.7 Å². The third-order valence-electron chi connectivity index (χ3n) is 7.47. The van der Waals surface area contributed by atoms with E-state index in [9.17, 15) is 19.2 Å². The number of hydrogen-bond acceptors (Lipinski definition) is 8. The molecule has 46 heavy (non-hydrogen) atoms. The summed E-state index contributed by atoms with van der Waals surface area (Å²) < 4.78 is 27.8. The van der Waals surface area contributed by atoms with Crippen LogP contribution in [0.3, 0.4) is 0 Å². The monoisotopic (exact) mass is 666 g/mol. The maximum atomic E-state index is 15.8. The molecule has 0 saturated carbocycles. The first kappa shape index (κ1) is 33.6. The van der Waals surface area contributed by atoms with Gasteiger partial charge < -0.3 is 4.74 Å². The molecule has 0 aliphatic heterocycles. The van der Waals surface area contributed by atoms with Gasteiger partial charge in [-0.1, -0.05) is 54.9 Å². The molecule has 0 aliphatic carbocycles. The Morgan fingerprint density at radius 2 is 1.74 bits per heavy atom. The molecule has 0 unspecified atom stereocenters. The van der Waals surface area contributed by atoms with Gasteiger partial charge in [-0.05, 0) is 53.9 Å². The van der Waals surface area contributed by atoms with E-state index in [1.165, 1.54) is 29.1 Å². The first-order chi connectivity index (χ1) is 21.8. The number of nitrogens with zero attached hydrogens (tertiary/aromatic N) is 3. The number of benzene rings is 3. The van der Waals surface area contributed by atoms with E-state index in [4.69, 9.17) is 4.74 Å². The zero-order valence-corrected chi connectivity index (χ0v) is 25.2. The van der Waals surface area contributed by atoms with Crippen molar-refractivity contribution in [2.75, 3.05) is 7.11 Å². The zero-order chi connectivity index (χ0) is 31.7. The molecule has 0 saturated heterocycles. The average molecular weight is 667 g/mol. The second kappa shape index (κ2) is 14.4. The van der Waals surface area contributed by atoms with Gasteiger partial charge in [0.1, 0.15) is 16.4 Å². The summed E-state index contributed by atoms with van der Waals surface area (Å²) in [5.41, 5.74) is 0.941. The van der Waals surface area contributed by atoms with Crippen LogP contribution in [0.15, 0.2) is 91.7 Å². The van der Waals surface area contributed by atoms with Crippen LogP contribution in [0.4, 0.5) is 4.39 Å². The molecule has 3 aromatic heterocycles. The second-order valence-electron chi connectivity index (χ2n) is 10.4. The van der Waals surface area contributed by atoms with Gasteiger partial charge >= 0.3 is 62.8 Å². The third kappa shape index (κ3) is 6.70. The van der Waals surface area contributed by atoms with E-state index in [1.54, 1.807) is 66.7 Å². The van der Waals surface area contributed by atoms with Gasteiger partial charge in [-0.15, -0.1) is 11.3 Å². The Labute approximate surface area is 307 Å². The molecule has 6 aromatic rings. The number of carbonyl (C=O) groups is 1. The van der Waals surface area contributed by atoms with Crippen LogP contribution in [0.25, 0.3) is 32.7 Å². The van der Waals surface area contributed by atoms with Crippen molar-refractivity contribution in [2.45, 2.75) is 32.9 Å². The number of hydrogen-bond donors (Lipinski definition) is 1. The normalized spacial score (nSPS) is 11.0. The Morgan fingerprint density at radius 1 is 1.00 bits per heavy atom. The number of ether oxygens (including phenoxy) is 1. The van der Waals surface area contributed by atoms with Crippen molar-refractivity contribution < 1.29 is 18.4 Å². The predicted octanol–water partition coefficient (Wildman–Crippen LogP) is 4.62. The van der Waals surface area contributed by atoms with Crippen LogP contribution >= 0.6 is 11.3 Å². The Balaban J connectivity index is 0.00000417. The van der Waals surface area contributed by atoms with Crippen molar-refractivity contribution in [3.63, 3.8) is 0 Å². The number of carbonyl (C=O) groups excluding carboxylic acids is 1. The van der Waals surface area contributed by atoms with E-state index in [2.05, 4.69) is 14.7 Å². The van der Waals surface area contributed by atoms with E-state index >= 15 is 4.39 Å². The van der Waals surface area contributed by atoms with Crippen molar-refractivity contribution in [2.24, 2.45) is 0 Å². The van der Waals surface area contributed by atoms with Crippen molar-refractivity contribution in [3.8, 4) is 28.3 Å². The molecule has 3 heterocycles. The van der Waals surface area contributed by atoms with Gasteiger partial charge in [0.05, 0.1) is 25.6 Å². The number of ketones is 1. The molecular weight excluding hydrogens is 639 g/mol. The quantitative estimate of drug-likeness (QED) is 0.167. The van der Waals surface area contributed by atoms with Crippen LogP contribution in [0.2, 0.25) is 0 Å². The van der Waals surface area contributed by atoms with Crippen LogP contribution in [-0.4, -0.2) is 83.6 Å². The number of aromatic amines is 1. The molecule has 0 aliphatic rings. The summed E-state index contributed by atoms with van der Waals surface area (Å²) in [7, 11) is 1.51. The fourth-order valence-corrected chi connectivity index (χ4v) is 6.45. The van der Waals surface area contributed by atoms with E-state index < -0.39 is 35.2 Å². The first-order valence-corrected chi connectivity index (χ1v) is 15.0. The SMILES string of the molecule is CCCc1cc2c(=O)n(CC(=O)c3ccc(OC)cc3)c(=O)n(Cc3ccc(-c4ccccc4-c4noc(=O)[nH]4)cc3F)c2s1.[KH]. The molecule has 0 radical (unpaired) electrons. The Hall–Kier alpha value is -3.72. The topological polar surface area (TPSA) is 129 Å². The van der Waals surface area contributed by atoms with Crippen LogP contribution < -0.4 is 21.7 Å². The summed E-state index contributed by atoms with van der Waals surface area (Å²) in [6.07, 6.45) is 1.54. The van der Waals surface area contributed by atoms with Crippen molar-refractivity contribution in [1.82, 2.24) is 19.3 Å². The van der Waals surface area contributed by atoms with Crippen LogP contribution in [0, 0.1) is 5.82 Å². The van der Waals surface area contributed by atoms with E-state index in [0.717, 1.165) is 15.9 Å². The fourth-order valence-electron chi connectivity index (χ4n) is 5.21. The van der Waals surface area contributed by atoms with Gasteiger partial charge in [0.15, 0.2) is 11.6 Å². The number of methoxy groups -OCH3 is 1. The molecule has 6 rings (SSSR count). The number of rotatable bonds is 10. The molecule has 0 spiro atoms. The van der Waals surface area contributed by atoms with Crippen molar-refractivity contribution in [1.29, 1.82) is 0 Å². The van der Waals surface area contributed by atoms with Crippen LogP contribution in [-0.2, 0) is 19.5 Å². The minimum absolute atomic E-state index is 0. The number of nitrogens with one attached hydrogen (secondary N) is 1. The predicted molar refractivity (Wildman–Crippen MR) is 176 cm³/mol. The summed E-state index contributed by atoms with van der Waals surface area (Å²) in [6.45, 7) is 1.38. The minimum atomic E-state index is -0.708. The number of thiophene rings is 1. The Bertz CT molecular complexity index is 2230. The number of halogens is 1. The molecule has 3 aromatic carbocycles. The number of Topliss-reactive ketones (excluding diaryl/α,β-unsaturated/α-hetero) is 1. The van der Waals surface area contributed by atoms with Crippen LogP contribution in [0.1, 0.15) is 34.1 Å². The fraction of sp³-hybridized carbons (Fsp3) is 0.182. The number of aromatic nitrogens is 4. The standard InChI is InChI=1S/C33H27FN4O6S.K.H/c1-3-6-23-16-26-30(40)37(18-28(39)19-11-13-22(43-2)14-12-19)33(42)38(31(26)45-23)17-21-10-9-20(15-27(21)34)24-7-4-5-8-25(24)29-35-32(41)44-36-29;;/h4-5,7-16H,3,6,17-18H2,1-2H3,(H,35,36,41);;. The molecule has 0 bridgehead atoms. The summed E-state index contributed by atoms with van der Waals surface area (Å²) in [4.78, 5) is 55.9. The van der Waals surface area contributed by atoms with Gasteiger partial charge in [-0.25, -0.2) is 14.0 Å². The van der Waals surface area contributed by atoms with Crippen LogP contribution in [0.5, 0.6) is 5.75 Å². The molecule has 10 nitrogen and oxygen atoms in total. The number of H-pyrrole nitrogens is 1. The summed E-state index contributed by atoms with van der Waals surface area (Å²) >= 11 is 1.32. The van der Waals surface area contributed by atoms with E-state index in [-0.39, 0.29) is 69.3 Å². The van der Waals surface area contributed by atoms with Gasteiger partial charge in [-0.2, -0.15) is 0 Å². The molecule has 0 atom stereocenters. The molecule has 230 valence electrons. The zero-order valence-electron chi connectivity index (χ0n) is 24.3. The Kier molecular flexibility index (Phi) is 10.5. The van der Waals surface area contributed by atoms with Gasteiger partial charge in [0, 0.05) is 21.6 Å². The third-order valence-corrected chi connectivity index (χ3v) is 8.69. The number of fused-ring (bicyclic) bond motifs is 1. The Morgan fingerprint density at radius 3 is 2.39 bits per heavy atom. The molecule has 0 fully saturated rings. The maximum absolute atomic E-state index is 15.8. The molecule has 1 N–H and O–H groups in total. The van der Waals surface area contributed by atoms with E-state index in [1.807, 2.05) is 6.92 Å². The summed E-state index contributed by atoms with van der Waals surface area (Å²) in [5, 5.41) is 4.06. The summed E-state index contributed by atoms with van der Waals surface area (Å²) in [6, 6.07) is 19.8. The van der Waals surface area contributed by atoms with E-state index in [0.29, 0.717) is 44.6 Å². The number of aryl methyl sites for hydroxylation is 1. The summed E-state index contributed by atoms with van der Waals surface area (Å²) in [5.74, 6) is -0.927. The molecule has 0 amide bonds. The van der Waals surface area contributed by atoms with Gasteiger partial charge in [-0.3, -0.25) is 28.2 Å². The van der Waals surface area contributed by atoms with Gasteiger partial charge in [0.2, 0.25) is 0 Å². The average Bonchev–Trinajstić information content (AvgIpc) is 3.68. The molecular formula is C33H28FKN4O6S. The molecule has 13 heteroatoms. The second-order valence-corrected chi connectivity index (χ2v) is 11.5.